The summed E-state index contributed by atoms with van der Waals surface area (Å²) in [5.41, 5.74) is 4.34. The molecule has 2 saturated carbocycles. The Morgan fingerprint density at radius 2 is 2.14 bits per heavy atom. The summed E-state index contributed by atoms with van der Waals surface area (Å²) in [7, 11) is 1.72. The van der Waals surface area contributed by atoms with Gasteiger partial charge in [-0.1, -0.05) is 24.6 Å². The molecule has 0 saturated heterocycles. The van der Waals surface area contributed by atoms with Crippen LogP contribution in [0.2, 0.25) is 0 Å². The number of Topliss-reactive ketones (excluding diaryl/α,β-unsaturated/α-hetero) is 1. The first-order valence-corrected chi connectivity index (χ1v) is 8.03. The van der Waals surface area contributed by atoms with Gasteiger partial charge in [-0.3, -0.25) is 4.79 Å². The third-order valence-electron chi connectivity index (χ3n) is 6.11. The molecular weight excluding hydrogens is 260 g/mol. The van der Waals surface area contributed by atoms with Gasteiger partial charge in [0.05, 0.1) is 7.11 Å². The topological polar surface area (TPSA) is 26.3 Å². The van der Waals surface area contributed by atoms with Crippen LogP contribution in [0.1, 0.15) is 49.7 Å². The van der Waals surface area contributed by atoms with E-state index in [1.54, 1.807) is 12.7 Å². The first kappa shape index (κ1) is 13.1. The van der Waals surface area contributed by atoms with E-state index in [0.717, 1.165) is 37.9 Å². The van der Waals surface area contributed by atoms with Crippen LogP contribution in [0.3, 0.4) is 0 Å². The minimum absolute atomic E-state index is 0.0771. The van der Waals surface area contributed by atoms with Crippen LogP contribution in [0.25, 0.3) is 0 Å². The van der Waals surface area contributed by atoms with Crippen LogP contribution >= 0.6 is 0 Å². The zero-order valence-corrected chi connectivity index (χ0v) is 12.8. The Hall–Kier alpha value is -1.57. The van der Waals surface area contributed by atoms with Gasteiger partial charge in [-0.2, -0.15) is 0 Å². The zero-order valence-electron chi connectivity index (χ0n) is 12.8. The lowest BCUT2D eigenvalue weighted by molar-refractivity contribution is -0.126. The van der Waals surface area contributed by atoms with Crippen molar-refractivity contribution in [2.45, 2.75) is 44.9 Å². The number of carbonyl (C=O) groups excluding carboxylic acids is 1. The van der Waals surface area contributed by atoms with E-state index in [1.807, 2.05) is 0 Å². The maximum atomic E-state index is 12.3. The molecule has 2 nitrogen and oxygen atoms in total. The fourth-order valence-electron chi connectivity index (χ4n) is 4.85. The molecule has 1 aromatic rings. The summed E-state index contributed by atoms with van der Waals surface area (Å²) in [5, 5.41) is 0. The molecule has 4 rings (SSSR count). The highest BCUT2D eigenvalue weighted by Crippen LogP contribution is 2.57. The van der Waals surface area contributed by atoms with Crippen LogP contribution in [0.15, 0.2) is 29.8 Å². The van der Waals surface area contributed by atoms with Crippen molar-refractivity contribution in [1.82, 2.24) is 0 Å². The number of ether oxygens (including phenoxy) is 1. The third-order valence-corrected chi connectivity index (χ3v) is 6.11. The second-order valence-corrected chi connectivity index (χ2v) is 7.00. The van der Waals surface area contributed by atoms with Gasteiger partial charge >= 0.3 is 0 Å². The van der Waals surface area contributed by atoms with Crippen LogP contribution in [-0.4, -0.2) is 12.9 Å². The van der Waals surface area contributed by atoms with Gasteiger partial charge in [0.2, 0.25) is 0 Å². The minimum atomic E-state index is -0.0771. The largest absolute Gasteiger partial charge is 0.497 e. The van der Waals surface area contributed by atoms with E-state index >= 15 is 0 Å². The van der Waals surface area contributed by atoms with E-state index < -0.39 is 0 Å². The van der Waals surface area contributed by atoms with E-state index in [1.165, 1.54) is 11.1 Å². The van der Waals surface area contributed by atoms with Gasteiger partial charge in [0.1, 0.15) is 11.5 Å². The normalized spacial score (nSPS) is 33.8. The predicted molar refractivity (Wildman–Crippen MR) is 82.6 cm³/mol. The Morgan fingerprint density at radius 1 is 1.29 bits per heavy atom. The maximum Gasteiger partial charge on any atom is 0.139 e. The van der Waals surface area contributed by atoms with Gasteiger partial charge in [0.25, 0.3) is 0 Å². The second-order valence-electron chi connectivity index (χ2n) is 7.00. The number of rotatable bonds is 1. The first-order valence-electron chi connectivity index (χ1n) is 8.03. The highest BCUT2D eigenvalue weighted by molar-refractivity contribution is 5.88. The smallest absolute Gasteiger partial charge is 0.139 e. The lowest BCUT2D eigenvalue weighted by atomic mass is 9.60. The van der Waals surface area contributed by atoms with Gasteiger partial charge in [0.15, 0.2) is 0 Å². The van der Waals surface area contributed by atoms with Gasteiger partial charge < -0.3 is 4.74 Å². The Bertz CT molecular complexity index is 643. The predicted octanol–water partition coefficient (Wildman–Crippen LogP) is 4.04. The molecule has 0 N–H and O–H groups in total. The number of methoxy groups -OCH3 is 1. The Morgan fingerprint density at radius 3 is 2.95 bits per heavy atom. The average molecular weight is 282 g/mol. The summed E-state index contributed by atoms with van der Waals surface area (Å²) >= 11 is 0. The summed E-state index contributed by atoms with van der Waals surface area (Å²) < 4.78 is 5.35. The molecule has 1 aromatic carbocycles. The van der Waals surface area contributed by atoms with Gasteiger partial charge in [-0.05, 0) is 54.9 Å². The van der Waals surface area contributed by atoms with Crippen molar-refractivity contribution < 1.29 is 9.53 Å². The van der Waals surface area contributed by atoms with Crippen LogP contribution < -0.4 is 4.74 Å². The van der Waals surface area contributed by atoms with Crippen LogP contribution in [0, 0.1) is 11.3 Å². The van der Waals surface area contributed by atoms with Crippen molar-refractivity contribution in [3.05, 3.63) is 41.0 Å². The number of allylic oxidation sites excluding steroid dienone is 2. The number of hydrogen-bond acceptors (Lipinski definition) is 2. The van der Waals surface area contributed by atoms with E-state index in [0.29, 0.717) is 17.6 Å². The summed E-state index contributed by atoms with van der Waals surface area (Å²) in [4.78, 5) is 12.3. The molecule has 0 heterocycles. The lowest BCUT2D eigenvalue weighted by Gasteiger charge is -2.43. The highest BCUT2D eigenvalue weighted by Gasteiger charge is 2.52. The Kier molecular flexibility index (Phi) is 2.79. The Labute approximate surface area is 126 Å². The molecule has 0 spiro atoms. The van der Waals surface area contributed by atoms with Crippen molar-refractivity contribution in [3.63, 3.8) is 0 Å². The monoisotopic (exact) mass is 282 g/mol. The summed E-state index contributed by atoms with van der Waals surface area (Å²) in [6.45, 7) is 2.20. The molecule has 0 aliphatic heterocycles. The molecule has 2 fully saturated rings. The van der Waals surface area contributed by atoms with Crippen molar-refractivity contribution in [3.8, 4) is 5.75 Å². The van der Waals surface area contributed by atoms with Crippen LogP contribution in [-0.2, 0) is 11.2 Å². The van der Waals surface area contributed by atoms with Crippen molar-refractivity contribution >= 4 is 5.78 Å². The molecule has 0 amide bonds. The minimum Gasteiger partial charge on any atom is -0.497 e. The fraction of sp³-hybridized carbons (Fsp3) is 0.526. The second kappa shape index (κ2) is 4.46. The third kappa shape index (κ3) is 1.74. The molecule has 21 heavy (non-hydrogen) atoms. The number of carbonyl (C=O) groups is 1. The fourth-order valence-corrected chi connectivity index (χ4v) is 4.85. The number of hydrogen-bond donors (Lipinski definition) is 0. The zero-order chi connectivity index (χ0) is 14.6. The maximum absolute atomic E-state index is 12.3. The van der Waals surface area contributed by atoms with Crippen molar-refractivity contribution in [2.24, 2.45) is 11.3 Å². The van der Waals surface area contributed by atoms with Gasteiger partial charge in [-0.25, -0.2) is 0 Å². The highest BCUT2D eigenvalue weighted by atomic mass is 16.5. The molecule has 3 atom stereocenters. The van der Waals surface area contributed by atoms with Crippen LogP contribution in [0.4, 0.5) is 0 Å². The molecule has 110 valence electrons. The number of ketones is 1. The molecule has 0 bridgehead atoms. The molecular formula is C19H22O2. The summed E-state index contributed by atoms with van der Waals surface area (Å²) in [6.07, 6.45) is 7.39. The SMILES string of the molecule is COc1ccc2c(c1)CC=C1[C@H]2CC[C@@]2(C)C(=O)CC[C@H]12. The standard InChI is InChI=1S/C19H22O2/c1-19-10-9-15-14-6-4-13(21-2)11-12(14)3-5-16(15)17(19)7-8-18(19)20/h4-6,11,15,17H,3,7-10H2,1-2H3/t15-,17+,19+/m0/s1. The number of fused-ring (bicyclic) bond motifs is 5. The lowest BCUT2D eigenvalue weighted by Crippen LogP contribution is -2.37. The van der Waals surface area contributed by atoms with Crippen LogP contribution in [0.5, 0.6) is 5.75 Å². The first-order chi connectivity index (χ1) is 10.1. The van der Waals surface area contributed by atoms with Gasteiger partial charge in [-0.15, -0.1) is 0 Å². The van der Waals surface area contributed by atoms with E-state index in [9.17, 15) is 4.79 Å². The quantitative estimate of drug-likeness (QED) is 0.727. The molecule has 3 aliphatic rings. The molecule has 3 aliphatic carbocycles. The van der Waals surface area contributed by atoms with Crippen molar-refractivity contribution in [1.29, 1.82) is 0 Å². The van der Waals surface area contributed by atoms with Gasteiger partial charge in [0, 0.05) is 17.8 Å². The van der Waals surface area contributed by atoms with Crippen molar-refractivity contribution in [2.75, 3.05) is 7.11 Å². The van der Waals surface area contributed by atoms with E-state index in [2.05, 4.69) is 31.2 Å². The molecule has 0 radical (unpaired) electrons. The van der Waals surface area contributed by atoms with E-state index in [4.69, 9.17) is 4.74 Å². The number of benzene rings is 1. The summed E-state index contributed by atoms with van der Waals surface area (Å²) in [5.74, 6) is 2.46. The summed E-state index contributed by atoms with van der Waals surface area (Å²) in [6, 6.07) is 6.50. The molecule has 2 heteroatoms. The molecule has 0 unspecified atom stereocenters. The van der Waals surface area contributed by atoms with E-state index in [-0.39, 0.29) is 5.41 Å². The average Bonchev–Trinajstić information content (AvgIpc) is 2.82. The Balaban J connectivity index is 1.74. The molecule has 0 aromatic heterocycles.